The molecule has 2 rings (SSSR count). The molecule has 0 amide bonds. The molecule has 0 bridgehead atoms. The standard InChI is InChI=1S/C14H12Br2IN/c1-9-3-2-6-18-14(9)8-13(16)11-7-10(17)4-5-12(11)15/h2-7,13H,8H2,1H3. The van der Waals surface area contributed by atoms with Crippen LogP contribution >= 0.6 is 54.5 Å². The van der Waals surface area contributed by atoms with E-state index in [2.05, 4.69) is 90.6 Å². The summed E-state index contributed by atoms with van der Waals surface area (Å²) in [7, 11) is 0. The van der Waals surface area contributed by atoms with Crippen LogP contribution in [0.4, 0.5) is 0 Å². The Morgan fingerprint density at radius 1 is 1.33 bits per heavy atom. The summed E-state index contributed by atoms with van der Waals surface area (Å²) < 4.78 is 2.38. The lowest BCUT2D eigenvalue weighted by Crippen LogP contribution is -2.01. The van der Waals surface area contributed by atoms with E-state index in [1.54, 1.807) is 0 Å². The van der Waals surface area contributed by atoms with Crippen molar-refractivity contribution in [2.45, 2.75) is 18.2 Å². The van der Waals surface area contributed by atoms with Crippen molar-refractivity contribution in [2.75, 3.05) is 0 Å². The van der Waals surface area contributed by atoms with E-state index in [0.29, 0.717) is 0 Å². The quantitative estimate of drug-likeness (QED) is 0.421. The second kappa shape index (κ2) is 6.48. The summed E-state index contributed by atoms with van der Waals surface area (Å²) in [4.78, 5) is 4.72. The van der Waals surface area contributed by atoms with Crippen molar-refractivity contribution in [3.63, 3.8) is 0 Å². The second-order valence-corrected chi connectivity index (χ2v) is 7.31. The largest absolute Gasteiger partial charge is 0.261 e. The fourth-order valence-corrected chi connectivity index (χ4v) is 3.80. The van der Waals surface area contributed by atoms with Gasteiger partial charge in [0.25, 0.3) is 0 Å². The summed E-state index contributed by atoms with van der Waals surface area (Å²) in [5.41, 5.74) is 3.65. The number of hydrogen-bond acceptors (Lipinski definition) is 1. The molecule has 94 valence electrons. The molecule has 1 heterocycles. The second-order valence-electron chi connectivity index (χ2n) is 4.10. The number of halogens is 3. The molecule has 1 aromatic heterocycles. The minimum Gasteiger partial charge on any atom is -0.261 e. The van der Waals surface area contributed by atoms with Crippen LogP contribution in [0, 0.1) is 10.5 Å². The molecule has 2 aromatic rings. The highest BCUT2D eigenvalue weighted by molar-refractivity contribution is 14.1. The van der Waals surface area contributed by atoms with Crippen molar-refractivity contribution < 1.29 is 0 Å². The van der Waals surface area contributed by atoms with Crippen LogP contribution in [0.2, 0.25) is 0 Å². The average molecular weight is 481 g/mol. The van der Waals surface area contributed by atoms with Crippen LogP contribution in [0.15, 0.2) is 41.0 Å². The van der Waals surface area contributed by atoms with Crippen LogP contribution in [0.5, 0.6) is 0 Å². The first-order valence-corrected chi connectivity index (χ1v) is 8.36. The first-order chi connectivity index (χ1) is 8.58. The van der Waals surface area contributed by atoms with Gasteiger partial charge in [0.05, 0.1) is 0 Å². The molecule has 0 radical (unpaired) electrons. The number of benzene rings is 1. The molecule has 0 fully saturated rings. The van der Waals surface area contributed by atoms with Gasteiger partial charge in [-0.05, 0) is 64.9 Å². The molecule has 0 saturated carbocycles. The lowest BCUT2D eigenvalue weighted by molar-refractivity contribution is 0.887. The zero-order valence-corrected chi connectivity index (χ0v) is 15.2. The van der Waals surface area contributed by atoms with Crippen LogP contribution in [0.3, 0.4) is 0 Å². The van der Waals surface area contributed by atoms with E-state index >= 15 is 0 Å². The van der Waals surface area contributed by atoms with Gasteiger partial charge in [-0.2, -0.15) is 0 Å². The third kappa shape index (κ3) is 3.54. The first-order valence-electron chi connectivity index (χ1n) is 5.57. The maximum atomic E-state index is 4.45. The minimum atomic E-state index is 0.273. The Kier molecular flexibility index (Phi) is 5.21. The highest BCUT2D eigenvalue weighted by atomic mass is 127. The SMILES string of the molecule is Cc1cccnc1CC(Br)c1cc(I)ccc1Br. The zero-order chi connectivity index (χ0) is 13.1. The Morgan fingerprint density at radius 2 is 2.11 bits per heavy atom. The van der Waals surface area contributed by atoms with Crippen LogP contribution in [-0.4, -0.2) is 4.98 Å². The van der Waals surface area contributed by atoms with E-state index in [9.17, 15) is 0 Å². The smallest absolute Gasteiger partial charge is 0.0462 e. The third-order valence-electron chi connectivity index (χ3n) is 2.79. The van der Waals surface area contributed by atoms with Gasteiger partial charge in [0.1, 0.15) is 0 Å². The summed E-state index contributed by atoms with van der Waals surface area (Å²) in [6.45, 7) is 2.10. The van der Waals surface area contributed by atoms with Crippen molar-refractivity contribution in [2.24, 2.45) is 0 Å². The van der Waals surface area contributed by atoms with Gasteiger partial charge in [-0.25, -0.2) is 0 Å². The third-order valence-corrected chi connectivity index (χ3v) is 5.00. The van der Waals surface area contributed by atoms with E-state index in [4.69, 9.17) is 0 Å². The van der Waals surface area contributed by atoms with Gasteiger partial charge >= 0.3 is 0 Å². The van der Waals surface area contributed by atoms with E-state index in [1.807, 2.05) is 12.3 Å². The molecule has 0 aliphatic heterocycles. The molecule has 1 aromatic carbocycles. The highest BCUT2D eigenvalue weighted by Crippen LogP contribution is 2.33. The van der Waals surface area contributed by atoms with E-state index in [-0.39, 0.29) is 4.83 Å². The monoisotopic (exact) mass is 479 g/mol. The van der Waals surface area contributed by atoms with Crippen molar-refractivity contribution >= 4 is 54.5 Å². The predicted octanol–water partition coefficient (Wildman–Crippen LogP) is 5.44. The number of alkyl halides is 1. The number of nitrogens with zero attached hydrogens (tertiary/aromatic N) is 1. The van der Waals surface area contributed by atoms with E-state index < -0.39 is 0 Å². The molecule has 0 saturated heterocycles. The van der Waals surface area contributed by atoms with Gasteiger partial charge in [0.2, 0.25) is 0 Å². The number of hydrogen-bond donors (Lipinski definition) is 0. The minimum absolute atomic E-state index is 0.273. The molecule has 0 N–H and O–H groups in total. The van der Waals surface area contributed by atoms with E-state index in [1.165, 1.54) is 14.7 Å². The topological polar surface area (TPSA) is 12.9 Å². The van der Waals surface area contributed by atoms with Crippen molar-refractivity contribution in [3.8, 4) is 0 Å². The van der Waals surface area contributed by atoms with Gasteiger partial charge in [0.15, 0.2) is 0 Å². The van der Waals surface area contributed by atoms with Gasteiger partial charge < -0.3 is 0 Å². The average Bonchev–Trinajstić information content (AvgIpc) is 2.35. The molecule has 0 aliphatic rings. The van der Waals surface area contributed by atoms with Gasteiger partial charge in [0, 0.05) is 31.2 Å². The van der Waals surface area contributed by atoms with Gasteiger partial charge in [-0.3, -0.25) is 4.98 Å². The lowest BCUT2D eigenvalue weighted by atomic mass is 10.1. The van der Waals surface area contributed by atoms with Crippen molar-refractivity contribution in [1.29, 1.82) is 0 Å². The highest BCUT2D eigenvalue weighted by Gasteiger charge is 2.14. The number of aromatic nitrogens is 1. The van der Waals surface area contributed by atoms with Crippen molar-refractivity contribution in [1.82, 2.24) is 4.98 Å². The Hall–Kier alpha value is 0.0600. The molecule has 18 heavy (non-hydrogen) atoms. The summed E-state index contributed by atoms with van der Waals surface area (Å²) >= 11 is 9.71. The Labute approximate surface area is 138 Å². The molecule has 1 atom stereocenters. The first kappa shape index (κ1) is 14.5. The van der Waals surface area contributed by atoms with Crippen LogP contribution < -0.4 is 0 Å². The maximum Gasteiger partial charge on any atom is 0.0462 e. The molecule has 4 heteroatoms. The summed E-state index contributed by atoms with van der Waals surface area (Å²) in [6.07, 6.45) is 2.75. The molecule has 1 nitrogen and oxygen atoms in total. The Morgan fingerprint density at radius 3 is 2.83 bits per heavy atom. The summed E-state index contributed by atoms with van der Waals surface area (Å²) in [5.74, 6) is 0. The van der Waals surface area contributed by atoms with Crippen molar-refractivity contribution in [3.05, 3.63) is 61.4 Å². The predicted molar refractivity (Wildman–Crippen MR) is 91.2 cm³/mol. The Balaban J connectivity index is 2.25. The fourth-order valence-electron chi connectivity index (χ4n) is 1.77. The van der Waals surface area contributed by atoms with Crippen LogP contribution in [-0.2, 0) is 6.42 Å². The molecule has 1 unspecified atom stereocenters. The molecule has 0 spiro atoms. The normalized spacial score (nSPS) is 12.4. The molecule has 0 aliphatic carbocycles. The molecular formula is C14H12Br2IN. The number of aryl methyl sites for hydroxylation is 1. The van der Waals surface area contributed by atoms with Gasteiger partial charge in [-0.1, -0.05) is 37.9 Å². The molecular weight excluding hydrogens is 469 g/mol. The zero-order valence-electron chi connectivity index (χ0n) is 9.83. The summed E-state index contributed by atoms with van der Waals surface area (Å²) in [5, 5.41) is 0. The Bertz CT molecular complexity index is 557. The summed E-state index contributed by atoms with van der Waals surface area (Å²) in [6, 6.07) is 10.5. The van der Waals surface area contributed by atoms with Gasteiger partial charge in [-0.15, -0.1) is 0 Å². The van der Waals surface area contributed by atoms with Crippen LogP contribution in [0.1, 0.15) is 21.6 Å². The maximum absolute atomic E-state index is 4.45. The number of rotatable bonds is 3. The lowest BCUT2D eigenvalue weighted by Gasteiger charge is -2.13. The fraction of sp³-hybridized carbons (Fsp3) is 0.214. The van der Waals surface area contributed by atoms with E-state index in [0.717, 1.165) is 16.6 Å². The number of pyridine rings is 1. The van der Waals surface area contributed by atoms with Crippen LogP contribution in [0.25, 0.3) is 0 Å².